The van der Waals surface area contributed by atoms with Gasteiger partial charge in [-0.15, -0.1) is 12.4 Å². The summed E-state index contributed by atoms with van der Waals surface area (Å²) in [5.41, 5.74) is 0.865. The minimum atomic E-state index is -0.256. The van der Waals surface area contributed by atoms with Gasteiger partial charge in [-0.25, -0.2) is 0 Å². The predicted molar refractivity (Wildman–Crippen MR) is 80.6 cm³/mol. The van der Waals surface area contributed by atoms with Gasteiger partial charge in [0.15, 0.2) is 0 Å². The van der Waals surface area contributed by atoms with Crippen LogP contribution in [0.2, 0.25) is 0 Å². The molecule has 1 saturated heterocycles. The van der Waals surface area contributed by atoms with E-state index in [1.54, 1.807) is 6.07 Å². The van der Waals surface area contributed by atoms with Gasteiger partial charge in [-0.1, -0.05) is 18.2 Å². The minimum Gasteiger partial charge on any atom is -0.348 e. The summed E-state index contributed by atoms with van der Waals surface area (Å²) in [4.78, 5) is 26.6. The number of aromatic nitrogens is 1. The van der Waals surface area contributed by atoms with E-state index in [1.165, 1.54) is 6.07 Å². The minimum absolute atomic E-state index is 0. The number of rotatable bonds is 2. The summed E-state index contributed by atoms with van der Waals surface area (Å²) < 4.78 is 0. The summed E-state index contributed by atoms with van der Waals surface area (Å²) >= 11 is 0. The highest BCUT2D eigenvalue weighted by Crippen LogP contribution is 2.14. The Labute approximate surface area is 122 Å². The van der Waals surface area contributed by atoms with Gasteiger partial charge in [0.25, 0.3) is 5.91 Å². The largest absolute Gasteiger partial charge is 0.348 e. The number of pyridine rings is 1. The summed E-state index contributed by atoms with van der Waals surface area (Å²) in [6, 6.07) is 8.83. The van der Waals surface area contributed by atoms with Crippen molar-refractivity contribution >= 4 is 29.2 Å². The molecule has 106 valence electrons. The van der Waals surface area contributed by atoms with Gasteiger partial charge in [-0.2, -0.15) is 0 Å². The standard InChI is InChI=1S/C14H15N3O2.ClH/c18-13-7-11(10-3-1-2-4-12(10)17-13)14(19)16-9-5-6-15-8-9;/h1-4,7,9,15H,5-6,8H2,(H,16,19)(H,17,18);1H. The molecular formula is C14H16ClN3O2. The van der Waals surface area contributed by atoms with Gasteiger partial charge in [0.1, 0.15) is 0 Å². The number of benzene rings is 1. The molecule has 3 N–H and O–H groups in total. The van der Waals surface area contributed by atoms with Crippen molar-refractivity contribution in [3.63, 3.8) is 0 Å². The lowest BCUT2D eigenvalue weighted by atomic mass is 10.1. The number of carbonyl (C=O) groups excluding carboxylic acids is 1. The zero-order valence-corrected chi connectivity index (χ0v) is 11.6. The SMILES string of the molecule is Cl.O=C(NC1CCNC1)c1cc(=O)[nH]c2ccccc12. The quantitative estimate of drug-likeness (QED) is 0.774. The van der Waals surface area contributed by atoms with Gasteiger partial charge in [0.05, 0.1) is 5.56 Å². The van der Waals surface area contributed by atoms with Crippen molar-refractivity contribution in [3.05, 3.63) is 46.2 Å². The average molecular weight is 294 g/mol. The number of hydrogen-bond acceptors (Lipinski definition) is 3. The Kier molecular flexibility index (Phi) is 4.42. The van der Waals surface area contributed by atoms with E-state index in [-0.39, 0.29) is 29.9 Å². The van der Waals surface area contributed by atoms with E-state index in [1.807, 2.05) is 18.2 Å². The van der Waals surface area contributed by atoms with E-state index in [4.69, 9.17) is 0 Å². The van der Waals surface area contributed by atoms with Crippen LogP contribution in [0.3, 0.4) is 0 Å². The van der Waals surface area contributed by atoms with Gasteiger partial charge >= 0.3 is 0 Å². The van der Waals surface area contributed by atoms with Gasteiger partial charge in [0, 0.05) is 29.6 Å². The molecule has 1 aromatic heterocycles. The molecule has 0 aliphatic carbocycles. The number of carbonyl (C=O) groups is 1. The van der Waals surface area contributed by atoms with Crippen molar-refractivity contribution in [2.75, 3.05) is 13.1 Å². The van der Waals surface area contributed by atoms with Crippen LogP contribution >= 0.6 is 12.4 Å². The van der Waals surface area contributed by atoms with Crippen molar-refractivity contribution < 1.29 is 4.79 Å². The lowest BCUT2D eigenvalue weighted by Gasteiger charge is -2.12. The Balaban J connectivity index is 0.00000147. The fraction of sp³-hybridized carbons (Fsp3) is 0.286. The molecule has 1 fully saturated rings. The highest BCUT2D eigenvalue weighted by Gasteiger charge is 2.19. The lowest BCUT2D eigenvalue weighted by Crippen LogP contribution is -2.36. The van der Waals surface area contributed by atoms with E-state index in [2.05, 4.69) is 15.6 Å². The number of H-pyrrole nitrogens is 1. The maximum Gasteiger partial charge on any atom is 0.252 e. The van der Waals surface area contributed by atoms with E-state index in [0.29, 0.717) is 11.1 Å². The van der Waals surface area contributed by atoms with Crippen molar-refractivity contribution in [1.82, 2.24) is 15.6 Å². The van der Waals surface area contributed by atoms with Crippen LogP contribution in [0.25, 0.3) is 10.9 Å². The summed E-state index contributed by atoms with van der Waals surface area (Å²) in [7, 11) is 0. The Morgan fingerprint density at radius 2 is 2.10 bits per heavy atom. The Morgan fingerprint density at radius 1 is 1.30 bits per heavy atom. The fourth-order valence-corrected chi connectivity index (χ4v) is 2.43. The molecule has 0 radical (unpaired) electrons. The van der Waals surface area contributed by atoms with Crippen LogP contribution in [-0.2, 0) is 0 Å². The molecule has 1 unspecified atom stereocenters. The lowest BCUT2D eigenvalue weighted by molar-refractivity contribution is 0.0941. The first-order valence-electron chi connectivity index (χ1n) is 6.38. The maximum atomic E-state index is 12.3. The van der Waals surface area contributed by atoms with Gasteiger partial charge < -0.3 is 15.6 Å². The molecule has 0 bridgehead atoms. The molecule has 2 aromatic rings. The molecule has 1 amide bonds. The molecule has 1 aromatic carbocycles. The van der Waals surface area contributed by atoms with Crippen LogP contribution in [0.5, 0.6) is 0 Å². The van der Waals surface area contributed by atoms with Crippen LogP contribution in [0.4, 0.5) is 0 Å². The first-order chi connectivity index (χ1) is 9.24. The monoisotopic (exact) mass is 293 g/mol. The van der Waals surface area contributed by atoms with Crippen LogP contribution in [0, 0.1) is 0 Å². The van der Waals surface area contributed by atoms with Crippen LogP contribution in [0.1, 0.15) is 16.8 Å². The number of hydrogen-bond donors (Lipinski definition) is 3. The number of amides is 1. The molecular weight excluding hydrogens is 278 g/mol. The average Bonchev–Trinajstić information content (AvgIpc) is 2.90. The molecule has 0 spiro atoms. The smallest absolute Gasteiger partial charge is 0.252 e. The fourth-order valence-electron chi connectivity index (χ4n) is 2.43. The normalized spacial score (nSPS) is 17.7. The summed E-state index contributed by atoms with van der Waals surface area (Å²) in [5.74, 6) is -0.184. The molecule has 0 saturated carbocycles. The number of aromatic amines is 1. The zero-order chi connectivity index (χ0) is 13.2. The molecule has 6 heteroatoms. The van der Waals surface area contributed by atoms with Gasteiger partial charge in [-0.3, -0.25) is 9.59 Å². The summed E-state index contributed by atoms with van der Waals surface area (Å²) in [6.45, 7) is 1.70. The van der Waals surface area contributed by atoms with Crippen molar-refractivity contribution in [2.24, 2.45) is 0 Å². The van der Waals surface area contributed by atoms with Gasteiger partial charge in [-0.05, 0) is 19.0 Å². The van der Waals surface area contributed by atoms with Crippen LogP contribution < -0.4 is 16.2 Å². The maximum absolute atomic E-state index is 12.3. The molecule has 1 aliphatic rings. The van der Waals surface area contributed by atoms with Crippen LogP contribution in [-0.4, -0.2) is 30.0 Å². The number of fused-ring (bicyclic) bond motifs is 1. The highest BCUT2D eigenvalue weighted by atomic mass is 35.5. The van der Waals surface area contributed by atoms with Crippen molar-refractivity contribution in [3.8, 4) is 0 Å². The molecule has 1 aliphatic heterocycles. The predicted octanol–water partition coefficient (Wildman–Crippen LogP) is 1.04. The van der Waals surface area contributed by atoms with E-state index in [0.717, 1.165) is 24.9 Å². The van der Waals surface area contributed by atoms with Crippen molar-refractivity contribution in [2.45, 2.75) is 12.5 Å². The Morgan fingerprint density at radius 3 is 2.85 bits per heavy atom. The molecule has 1 atom stereocenters. The third kappa shape index (κ3) is 2.84. The molecule has 3 rings (SSSR count). The van der Waals surface area contributed by atoms with E-state index >= 15 is 0 Å². The zero-order valence-electron chi connectivity index (χ0n) is 10.8. The molecule has 2 heterocycles. The first kappa shape index (κ1) is 14.6. The Bertz CT molecular complexity index is 677. The molecule has 20 heavy (non-hydrogen) atoms. The van der Waals surface area contributed by atoms with Crippen molar-refractivity contribution in [1.29, 1.82) is 0 Å². The number of para-hydroxylation sites is 1. The number of halogens is 1. The second kappa shape index (κ2) is 6.07. The van der Waals surface area contributed by atoms with Gasteiger partial charge in [0.2, 0.25) is 5.56 Å². The number of nitrogens with one attached hydrogen (secondary N) is 3. The van der Waals surface area contributed by atoms with E-state index in [9.17, 15) is 9.59 Å². The third-order valence-electron chi connectivity index (χ3n) is 3.39. The summed E-state index contributed by atoms with van der Waals surface area (Å²) in [6.07, 6.45) is 0.923. The molecule has 5 nitrogen and oxygen atoms in total. The summed E-state index contributed by atoms with van der Waals surface area (Å²) in [5, 5.41) is 6.92. The van der Waals surface area contributed by atoms with E-state index < -0.39 is 0 Å². The third-order valence-corrected chi connectivity index (χ3v) is 3.39. The first-order valence-corrected chi connectivity index (χ1v) is 6.38. The topological polar surface area (TPSA) is 74.0 Å². The highest BCUT2D eigenvalue weighted by molar-refractivity contribution is 6.06. The second-order valence-electron chi connectivity index (χ2n) is 4.76. The van der Waals surface area contributed by atoms with Crippen LogP contribution in [0.15, 0.2) is 35.1 Å². The second-order valence-corrected chi connectivity index (χ2v) is 4.76. The Hall–Kier alpha value is -1.85.